The standard InChI is InChI=1S/C25H31N3O3S/c1-4-28(5-2)22(21-11-14-32-18-21)16-27-25(29)20-7-8-23(24(15-20)30-6-3)31-17-19-9-12-26-13-10-19/h7-15,18,22H,4-6,16-17H2,1-3H3,(H,27,29). The predicted molar refractivity (Wildman–Crippen MR) is 128 cm³/mol. The highest BCUT2D eigenvalue weighted by atomic mass is 32.1. The molecule has 0 fully saturated rings. The molecule has 2 aromatic heterocycles. The number of pyridine rings is 1. The minimum atomic E-state index is -0.126. The number of likely N-dealkylation sites (N-methyl/N-ethyl adjacent to an activating group) is 1. The number of carbonyl (C=O) groups is 1. The van der Waals surface area contributed by atoms with E-state index in [2.05, 4.69) is 45.9 Å². The maximum Gasteiger partial charge on any atom is 0.251 e. The van der Waals surface area contributed by atoms with Gasteiger partial charge in [0.05, 0.1) is 12.6 Å². The maximum atomic E-state index is 12.9. The number of nitrogens with zero attached hydrogens (tertiary/aromatic N) is 2. The van der Waals surface area contributed by atoms with Crippen molar-refractivity contribution in [2.24, 2.45) is 0 Å². The average molecular weight is 454 g/mol. The normalized spacial score (nSPS) is 11.9. The lowest BCUT2D eigenvalue weighted by atomic mass is 10.1. The van der Waals surface area contributed by atoms with E-state index in [1.807, 2.05) is 19.1 Å². The van der Waals surface area contributed by atoms with Crippen molar-refractivity contribution in [1.29, 1.82) is 0 Å². The van der Waals surface area contributed by atoms with E-state index in [0.717, 1.165) is 18.7 Å². The molecule has 1 N–H and O–H groups in total. The van der Waals surface area contributed by atoms with E-state index < -0.39 is 0 Å². The Balaban J connectivity index is 1.69. The Morgan fingerprint density at radius 3 is 2.50 bits per heavy atom. The molecule has 32 heavy (non-hydrogen) atoms. The zero-order chi connectivity index (χ0) is 22.8. The lowest BCUT2D eigenvalue weighted by molar-refractivity contribution is 0.0934. The number of nitrogens with one attached hydrogen (secondary N) is 1. The number of benzene rings is 1. The van der Waals surface area contributed by atoms with Crippen LogP contribution < -0.4 is 14.8 Å². The van der Waals surface area contributed by atoms with Crippen LogP contribution in [0.25, 0.3) is 0 Å². The molecule has 1 amide bonds. The lowest BCUT2D eigenvalue weighted by Crippen LogP contribution is -2.37. The molecule has 1 aromatic carbocycles. The Morgan fingerprint density at radius 2 is 1.84 bits per heavy atom. The van der Waals surface area contributed by atoms with E-state index in [-0.39, 0.29) is 11.9 Å². The maximum absolute atomic E-state index is 12.9. The number of ether oxygens (including phenoxy) is 2. The van der Waals surface area contributed by atoms with Gasteiger partial charge in [0.25, 0.3) is 5.91 Å². The van der Waals surface area contributed by atoms with Crippen molar-refractivity contribution in [3.8, 4) is 11.5 Å². The minimum Gasteiger partial charge on any atom is -0.490 e. The van der Waals surface area contributed by atoms with E-state index in [1.54, 1.807) is 41.9 Å². The van der Waals surface area contributed by atoms with E-state index in [1.165, 1.54) is 5.56 Å². The first-order chi connectivity index (χ1) is 15.7. The first-order valence-electron chi connectivity index (χ1n) is 11.0. The van der Waals surface area contributed by atoms with Crippen molar-refractivity contribution < 1.29 is 14.3 Å². The molecular formula is C25H31N3O3S. The van der Waals surface area contributed by atoms with E-state index in [4.69, 9.17) is 9.47 Å². The average Bonchev–Trinajstić information content (AvgIpc) is 3.36. The van der Waals surface area contributed by atoms with Crippen LogP contribution in [-0.4, -0.2) is 42.0 Å². The molecule has 3 rings (SSSR count). The van der Waals surface area contributed by atoms with Gasteiger partial charge in [0.2, 0.25) is 0 Å². The molecule has 0 saturated heterocycles. The van der Waals surface area contributed by atoms with Crippen LogP contribution in [0.15, 0.2) is 59.6 Å². The monoisotopic (exact) mass is 453 g/mol. The molecule has 2 heterocycles. The highest BCUT2D eigenvalue weighted by Crippen LogP contribution is 2.29. The van der Waals surface area contributed by atoms with E-state index >= 15 is 0 Å². The molecule has 1 atom stereocenters. The summed E-state index contributed by atoms with van der Waals surface area (Å²) in [6, 6.07) is 11.4. The predicted octanol–water partition coefficient (Wildman–Crippen LogP) is 4.93. The van der Waals surface area contributed by atoms with Gasteiger partial charge in [-0.05, 0) is 78.3 Å². The van der Waals surface area contributed by atoms with Gasteiger partial charge in [0.15, 0.2) is 11.5 Å². The second kappa shape index (κ2) is 12.2. The van der Waals surface area contributed by atoms with Crippen molar-refractivity contribution in [2.45, 2.75) is 33.4 Å². The SMILES string of the molecule is CCOc1cc(C(=O)NCC(c2ccsc2)N(CC)CC)ccc1OCc1ccncc1. The van der Waals surface area contributed by atoms with Gasteiger partial charge in [0.1, 0.15) is 6.61 Å². The fraction of sp³-hybridized carbons (Fsp3) is 0.360. The van der Waals surface area contributed by atoms with Crippen molar-refractivity contribution >= 4 is 17.2 Å². The Labute approximate surface area is 194 Å². The van der Waals surface area contributed by atoms with Crippen LogP contribution >= 0.6 is 11.3 Å². The Morgan fingerprint density at radius 1 is 1.06 bits per heavy atom. The smallest absolute Gasteiger partial charge is 0.251 e. The number of rotatable bonds is 12. The van der Waals surface area contributed by atoms with Crippen LogP contribution in [0.4, 0.5) is 0 Å². The zero-order valence-electron chi connectivity index (χ0n) is 18.9. The molecule has 0 radical (unpaired) electrons. The molecule has 6 nitrogen and oxygen atoms in total. The fourth-order valence-corrected chi connectivity index (χ4v) is 4.26. The number of thiophene rings is 1. The van der Waals surface area contributed by atoms with Crippen LogP contribution in [-0.2, 0) is 6.61 Å². The second-order valence-electron chi connectivity index (χ2n) is 7.24. The zero-order valence-corrected chi connectivity index (χ0v) is 19.7. The van der Waals surface area contributed by atoms with Gasteiger partial charge < -0.3 is 14.8 Å². The van der Waals surface area contributed by atoms with Crippen LogP contribution in [0.3, 0.4) is 0 Å². The molecule has 0 aliphatic carbocycles. The van der Waals surface area contributed by atoms with Crippen molar-refractivity contribution in [3.63, 3.8) is 0 Å². The van der Waals surface area contributed by atoms with Gasteiger partial charge in [-0.25, -0.2) is 0 Å². The highest BCUT2D eigenvalue weighted by molar-refractivity contribution is 7.08. The topological polar surface area (TPSA) is 63.7 Å². The van der Waals surface area contributed by atoms with Gasteiger partial charge in [0, 0.05) is 24.5 Å². The quantitative estimate of drug-likeness (QED) is 0.421. The molecule has 7 heteroatoms. The number of hydrogen-bond acceptors (Lipinski definition) is 6. The van der Waals surface area contributed by atoms with Gasteiger partial charge in [-0.15, -0.1) is 0 Å². The molecule has 0 saturated carbocycles. The molecule has 0 bridgehead atoms. The van der Waals surface area contributed by atoms with Crippen molar-refractivity contribution in [2.75, 3.05) is 26.2 Å². The summed E-state index contributed by atoms with van der Waals surface area (Å²) in [7, 11) is 0. The fourth-order valence-electron chi connectivity index (χ4n) is 3.56. The van der Waals surface area contributed by atoms with E-state index in [9.17, 15) is 4.79 Å². The molecule has 170 valence electrons. The van der Waals surface area contributed by atoms with Gasteiger partial charge >= 0.3 is 0 Å². The van der Waals surface area contributed by atoms with Gasteiger partial charge in [-0.1, -0.05) is 13.8 Å². The van der Waals surface area contributed by atoms with Gasteiger partial charge in [-0.2, -0.15) is 11.3 Å². The summed E-state index contributed by atoms with van der Waals surface area (Å²) in [4.78, 5) is 19.3. The van der Waals surface area contributed by atoms with Crippen LogP contribution in [0.2, 0.25) is 0 Å². The van der Waals surface area contributed by atoms with Gasteiger partial charge in [-0.3, -0.25) is 14.7 Å². The number of carbonyl (C=O) groups excluding carboxylic acids is 1. The van der Waals surface area contributed by atoms with Crippen molar-refractivity contribution in [3.05, 3.63) is 76.2 Å². The third-order valence-electron chi connectivity index (χ3n) is 5.29. The highest BCUT2D eigenvalue weighted by Gasteiger charge is 2.20. The van der Waals surface area contributed by atoms with Crippen LogP contribution in [0.5, 0.6) is 11.5 Å². The van der Waals surface area contributed by atoms with Crippen LogP contribution in [0.1, 0.15) is 48.3 Å². The minimum absolute atomic E-state index is 0.126. The molecule has 0 aliphatic heterocycles. The number of amides is 1. The van der Waals surface area contributed by atoms with E-state index in [0.29, 0.717) is 36.8 Å². The first kappa shape index (κ1) is 23.8. The first-order valence-corrected chi connectivity index (χ1v) is 11.9. The summed E-state index contributed by atoms with van der Waals surface area (Å²) in [5.41, 5.74) is 2.79. The molecule has 0 aliphatic rings. The number of hydrogen-bond donors (Lipinski definition) is 1. The summed E-state index contributed by atoms with van der Waals surface area (Å²) in [5, 5.41) is 7.33. The van der Waals surface area contributed by atoms with Crippen molar-refractivity contribution in [1.82, 2.24) is 15.2 Å². The summed E-state index contributed by atoms with van der Waals surface area (Å²) in [5.74, 6) is 1.05. The lowest BCUT2D eigenvalue weighted by Gasteiger charge is -2.29. The third kappa shape index (κ3) is 6.31. The summed E-state index contributed by atoms with van der Waals surface area (Å²) in [6.07, 6.45) is 3.47. The second-order valence-corrected chi connectivity index (χ2v) is 8.02. The largest absolute Gasteiger partial charge is 0.490 e. The summed E-state index contributed by atoms with van der Waals surface area (Å²) < 4.78 is 11.7. The Hall–Kier alpha value is -2.90. The molecule has 3 aromatic rings. The molecule has 0 spiro atoms. The van der Waals surface area contributed by atoms with Crippen LogP contribution in [0, 0.1) is 0 Å². The Kier molecular flexibility index (Phi) is 9.07. The Bertz CT molecular complexity index is 960. The molecular weight excluding hydrogens is 422 g/mol. The molecule has 1 unspecified atom stereocenters. The summed E-state index contributed by atoms with van der Waals surface area (Å²) >= 11 is 1.68. The summed E-state index contributed by atoms with van der Waals surface area (Å²) in [6.45, 7) is 9.47. The number of aromatic nitrogens is 1. The third-order valence-corrected chi connectivity index (χ3v) is 5.99.